The van der Waals surface area contributed by atoms with Crippen molar-refractivity contribution in [1.29, 1.82) is 0 Å². The first-order valence-electron chi connectivity index (χ1n) is 9.41. The van der Waals surface area contributed by atoms with Crippen LogP contribution in [0.15, 0.2) is 18.2 Å². The molecule has 5 heteroatoms. The number of methoxy groups -OCH3 is 1. The molecule has 2 unspecified atom stereocenters. The van der Waals surface area contributed by atoms with Gasteiger partial charge in [0.2, 0.25) is 0 Å². The minimum Gasteiger partial charge on any atom is -0.496 e. The molecule has 25 heavy (non-hydrogen) atoms. The predicted octanol–water partition coefficient (Wildman–Crippen LogP) is 2.93. The van der Waals surface area contributed by atoms with Crippen LogP contribution in [-0.2, 0) is 11.3 Å². The fourth-order valence-corrected chi connectivity index (χ4v) is 4.27. The molecule has 138 valence electrons. The van der Waals surface area contributed by atoms with Gasteiger partial charge in [0, 0.05) is 36.4 Å². The minimum atomic E-state index is 0.142. The molecule has 2 heterocycles. The summed E-state index contributed by atoms with van der Waals surface area (Å²) >= 11 is 0. The first-order chi connectivity index (χ1) is 12.2. The van der Waals surface area contributed by atoms with Gasteiger partial charge in [-0.25, -0.2) is 0 Å². The van der Waals surface area contributed by atoms with E-state index < -0.39 is 0 Å². The van der Waals surface area contributed by atoms with Crippen molar-refractivity contribution in [2.45, 2.75) is 51.3 Å². The van der Waals surface area contributed by atoms with E-state index >= 15 is 0 Å². The van der Waals surface area contributed by atoms with E-state index in [1.54, 1.807) is 7.11 Å². The van der Waals surface area contributed by atoms with E-state index in [1.165, 1.54) is 12.8 Å². The lowest BCUT2D eigenvalue weighted by Crippen LogP contribution is -2.47. The van der Waals surface area contributed by atoms with Gasteiger partial charge in [0.25, 0.3) is 5.91 Å². The van der Waals surface area contributed by atoms with Crippen molar-refractivity contribution in [2.75, 3.05) is 33.9 Å². The molecule has 3 rings (SSSR count). The molecule has 2 aliphatic rings. The molecule has 0 bridgehead atoms. The van der Waals surface area contributed by atoms with Gasteiger partial charge in [0.15, 0.2) is 0 Å². The minimum absolute atomic E-state index is 0.142. The molecule has 2 aliphatic heterocycles. The number of hydrogen-bond acceptors (Lipinski definition) is 4. The molecule has 1 aromatic rings. The average Bonchev–Trinajstić information content (AvgIpc) is 3.27. The Balaban J connectivity index is 1.79. The van der Waals surface area contributed by atoms with Crippen LogP contribution >= 0.6 is 0 Å². The maximum absolute atomic E-state index is 13.2. The SMILES string of the molecule is CCOCc1cc(C(=O)N2CCCC2C2CCCN2C)ccc1OC. The smallest absolute Gasteiger partial charge is 0.254 e. The number of nitrogens with zero attached hydrogens (tertiary/aromatic N) is 2. The van der Waals surface area contributed by atoms with Crippen LogP contribution in [-0.4, -0.2) is 61.6 Å². The monoisotopic (exact) mass is 346 g/mol. The standard InChI is InChI=1S/C20H30N2O3/c1-4-25-14-16-13-15(9-10-19(16)24-3)20(23)22-12-6-8-18(22)17-7-5-11-21(17)2/h9-10,13,17-18H,4-8,11-12,14H2,1-3H3. The molecular weight excluding hydrogens is 316 g/mol. The summed E-state index contributed by atoms with van der Waals surface area (Å²) in [6.45, 7) is 5.08. The number of likely N-dealkylation sites (tertiary alicyclic amines) is 2. The Bertz CT molecular complexity index is 605. The van der Waals surface area contributed by atoms with Gasteiger partial charge in [0.05, 0.1) is 13.7 Å². The first-order valence-corrected chi connectivity index (χ1v) is 9.41. The Labute approximate surface area is 150 Å². The van der Waals surface area contributed by atoms with E-state index in [9.17, 15) is 4.79 Å². The third-order valence-electron chi connectivity index (χ3n) is 5.57. The molecule has 0 aromatic heterocycles. The molecule has 1 aromatic carbocycles. The second-order valence-corrected chi connectivity index (χ2v) is 7.06. The van der Waals surface area contributed by atoms with Crippen molar-refractivity contribution < 1.29 is 14.3 Å². The van der Waals surface area contributed by atoms with Crippen molar-refractivity contribution >= 4 is 5.91 Å². The van der Waals surface area contributed by atoms with Crippen LogP contribution in [0.5, 0.6) is 5.75 Å². The maximum atomic E-state index is 13.2. The number of hydrogen-bond donors (Lipinski definition) is 0. The van der Waals surface area contributed by atoms with Gasteiger partial charge < -0.3 is 19.3 Å². The van der Waals surface area contributed by atoms with Crippen molar-refractivity contribution in [3.05, 3.63) is 29.3 Å². The van der Waals surface area contributed by atoms with Crippen LogP contribution in [0, 0.1) is 0 Å². The predicted molar refractivity (Wildman–Crippen MR) is 98.0 cm³/mol. The largest absolute Gasteiger partial charge is 0.496 e. The van der Waals surface area contributed by atoms with E-state index in [0.717, 1.165) is 42.8 Å². The molecule has 0 saturated carbocycles. The van der Waals surface area contributed by atoms with Gasteiger partial charge in [-0.15, -0.1) is 0 Å². The van der Waals surface area contributed by atoms with E-state index in [1.807, 2.05) is 25.1 Å². The van der Waals surface area contributed by atoms with Crippen molar-refractivity contribution in [3.8, 4) is 5.75 Å². The van der Waals surface area contributed by atoms with Gasteiger partial charge in [-0.05, 0) is 64.4 Å². The molecule has 0 aliphatic carbocycles. The number of benzene rings is 1. The average molecular weight is 346 g/mol. The van der Waals surface area contributed by atoms with Gasteiger partial charge in [-0.2, -0.15) is 0 Å². The van der Waals surface area contributed by atoms with E-state index in [2.05, 4.69) is 16.8 Å². The molecule has 0 radical (unpaired) electrons. The van der Waals surface area contributed by atoms with Crippen LogP contribution < -0.4 is 4.74 Å². The van der Waals surface area contributed by atoms with Crippen molar-refractivity contribution in [1.82, 2.24) is 9.80 Å². The number of likely N-dealkylation sites (N-methyl/N-ethyl adjacent to an activating group) is 1. The van der Waals surface area contributed by atoms with Crippen LogP contribution in [0.25, 0.3) is 0 Å². The Morgan fingerprint density at radius 1 is 1.20 bits per heavy atom. The van der Waals surface area contributed by atoms with Crippen LogP contribution in [0.1, 0.15) is 48.5 Å². The lowest BCUT2D eigenvalue weighted by molar-refractivity contribution is 0.0664. The normalized spacial score (nSPS) is 24.0. The lowest BCUT2D eigenvalue weighted by Gasteiger charge is -2.33. The summed E-state index contributed by atoms with van der Waals surface area (Å²) in [4.78, 5) is 17.7. The second kappa shape index (κ2) is 8.19. The highest BCUT2D eigenvalue weighted by Gasteiger charge is 2.38. The molecule has 0 N–H and O–H groups in total. The van der Waals surface area contributed by atoms with Crippen LogP contribution in [0.2, 0.25) is 0 Å². The number of amides is 1. The quantitative estimate of drug-likeness (QED) is 0.794. The summed E-state index contributed by atoms with van der Waals surface area (Å²) in [5.41, 5.74) is 1.67. The van der Waals surface area contributed by atoms with Gasteiger partial charge in [0.1, 0.15) is 5.75 Å². The molecule has 2 fully saturated rings. The highest BCUT2D eigenvalue weighted by molar-refractivity contribution is 5.95. The number of ether oxygens (including phenoxy) is 2. The Morgan fingerprint density at radius 2 is 1.96 bits per heavy atom. The first kappa shape index (κ1) is 18.2. The molecule has 1 amide bonds. The third-order valence-corrected chi connectivity index (χ3v) is 5.57. The van der Waals surface area contributed by atoms with Crippen LogP contribution in [0.3, 0.4) is 0 Å². The number of carbonyl (C=O) groups is 1. The summed E-state index contributed by atoms with van der Waals surface area (Å²) in [7, 11) is 3.84. The van der Waals surface area contributed by atoms with E-state index in [0.29, 0.717) is 25.3 Å². The zero-order chi connectivity index (χ0) is 17.8. The van der Waals surface area contributed by atoms with Crippen LogP contribution in [0.4, 0.5) is 0 Å². The van der Waals surface area contributed by atoms with Crippen molar-refractivity contribution in [2.24, 2.45) is 0 Å². The van der Waals surface area contributed by atoms with Crippen molar-refractivity contribution in [3.63, 3.8) is 0 Å². The van der Waals surface area contributed by atoms with E-state index in [4.69, 9.17) is 9.47 Å². The maximum Gasteiger partial charge on any atom is 0.254 e. The Kier molecular flexibility index (Phi) is 5.97. The highest BCUT2D eigenvalue weighted by Crippen LogP contribution is 2.31. The summed E-state index contributed by atoms with van der Waals surface area (Å²) in [5, 5.41) is 0. The van der Waals surface area contributed by atoms with E-state index in [-0.39, 0.29) is 5.91 Å². The molecule has 2 saturated heterocycles. The molecule has 2 atom stereocenters. The fourth-order valence-electron chi connectivity index (χ4n) is 4.27. The lowest BCUT2D eigenvalue weighted by atomic mass is 10.0. The zero-order valence-corrected chi connectivity index (χ0v) is 15.7. The molecule has 0 spiro atoms. The second-order valence-electron chi connectivity index (χ2n) is 7.06. The summed E-state index contributed by atoms with van der Waals surface area (Å²) in [6.07, 6.45) is 4.65. The van der Waals surface area contributed by atoms with Gasteiger partial charge in [-0.1, -0.05) is 0 Å². The molecule has 5 nitrogen and oxygen atoms in total. The third kappa shape index (κ3) is 3.82. The summed E-state index contributed by atoms with van der Waals surface area (Å²) in [5.74, 6) is 0.918. The number of carbonyl (C=O) groups excluding carboxylic acids is 1. The Morgan fingerprint density at radius 3 is 2.64 bits per heavy atom. The molecular formula is C20H30N2O3. The summed E-state index contributed by atoms with van der Waals surface area (Å²) < 4.78 is 10.9. The topological polar surface area (TPSA) is 42.0 Å². The zero-order valence-electron chi connectivity index (χ0n) is 15.7. The number of rotatable bonds is 6. The van der Waals surface area contributed by atoms with Gasteiger partial charge >= 0.3 is 0 Å². The fraction of sp³-hybridized carbons (Fsp3) is 0.650. The highest BCUT2D eigenvalue weighted by atomic mass is 16.5. The van der Waals surface area contributed by atoms with Gasteiger partial charge in [-0.3, -0.25) is 4.79 Å². The Hall–Kier alpha value is -1.59. The summed E-state index contributed by atoms with van der Waals surface area (Å²) in [6, 6.07) is 6.55.